The van der Waals surface area contributed by atoms with Gasteiger partial charge in [-0.25, -0.2) is 22.0 Å². The quantitative estimate of drug-likeness (QED) is 0.340. The average Bonchev–Trinajstić information content (AvgIpc) is 2.62. The highest BCUT2D eigenvalue weighted by molar-refractivity contribution is 6.05. The van der Waals surface area contributed by atoms with E-state index in [1.807, 2.05) is 0 Å². The van der Waals surface area contributed by atoms with Gasteiger partial charge in [0.25, 0.3) is 0 Å². The standard InChI is InChI=1S/C11H6F5NO2/c1-17-4(18)2-3(11(17)19)5-6(12)8(14)10(16)9(15)7(5)13/h3H,2H2,1H3. The van der Waals surface area contributed by atoms with Crippen LogP contribution in [0.1, 0.15) is 17.9 Å². The van der Waals surface area contributed by atoms with E-state index in [1.54, 1.807) is 0 Å². The highest BCUT2D eigenvalue weighted by Crippen LogP contribution is 2.35. The van der Waals surface area contributed by atoms with Crippen LogP contribution in [0, 0.1) is 29.1 Å². The van der Waals surface area contributed by atoms with Gasteiger partial charge >= 0.3 is 0 Å². The van der Waals surface area contributed by atoms with Crippen LogP contribution >= 0.6 is 0 Å². The van der Waals surface area contributed by atoms with Gasteiger partial charge in [0.15, 0.2) is 23.3 Å². The average molecular weight is 279 g/mol. The number of halogens is 5. The smallest absolute Gasteiger partial charge is 0.237 e. The maximum absolute atomic E-state index is 13.5. The molecule has 0 radical (unpaired) electrons. The molecule has 2 rings (SSSR count). The molecule has 1 aromatic rings. The molecule has 0 aliphatic carbocycles. The molecule has 1 saturated heterocycles. The van der Waals surface area contributed by atoms with Gasteiger partial charge in [-0.05, 0) is 0 Å². The molecule has 1 aliphatic heterocycles. The van der Waals surface area contributed by atoms with E-state index in [4.69, 9.17) is 0 Å². The van der Waals surface area contributed by atoms with Crippen LogP contribution in [0.25, 0.3) is 0 Å². The van der Waals surface area contributed by atoms with Crippen molar-refractivity contribution in [1.82, 2.24) is 4.90 Å². The van der Waals surface area contributed by atoms with Crippen molar-refractivity contribution < 1.29 is 31.5 Å². The molecule has 8 heteroatoms. The van der Waals surface area contributed by atoms with Gasteiger partial charge in [0.1, 0.15) is 0 Å². The van der Waals surface area contributed by atoms with Gasteiger partial charge in [-0.1, -0.05) is 0 Å². The topological polar surface area (TPSA) is 37.4 Å². The summed E-state index contributed by atoms with van der Waals surface area (Å²) < 4.78 is 65.8. The summed E-state index contributed by atoms with van der Waals surface area (Å²) in [7, 11) is 1.07. The zero-order valence-electron chi connectivity index (χ0n) is 9.44. The van der Waals surface area contributed by atoms with E-state index in [0.29, 0.717) is 4.90 Å². The maximum Gasteiger partial charge on any atom is 0.237 e. The molecule has 1 aromatic carbocycles. The summed E-state index contributed by atoms with van der Waals surface area (Å²) >= 11 is 0. The summed E-state index contributed by atoms with van der Waals surface area (Å²) in [6.07, 6.45) is -0.631. The molecule has 0 N–H and O–H groups in total. The van der Waals surface area contributed by atoms with E-state index in [1.165, 1.54) is 0 Å². The van der Waals surface area contributed by atoms with Crippen molar-refractivity contribution in [2.45, 2.75) is 12.3 Å². The molecule has 0 saturated carbocycles. The number of hydrogen-bond donors (Lipinski definition) is 0. The lowest BCUT2D eigenvalue weighted by atomic mass is 9.95. The normalized spacial score (nSPS) is 19.5. The van der Waals surface area contributed by atoms with Gasteiger partial charge in [-0.2, -0.15) is 0 Å². The number of carbonyl (C=O) groups excluding carboxylic acids is 2. The summed E-state index contributed by atoms with van der Waals surface area (Å²) in [6.45, 7) is 0. The van der Waals surface area contributed by atoms with Crippen LogP contribution in [0.4, 0.5) is 22.0 Å². The molecule has 1 fully saturated rings. The fraction of sp³-hybridized carbons (Fsp3) is 0.273. The molecule has 3 nitrogen and oxygen atoms in total. The van der Waals surface area contributed by atoms with Crippen molar-refractivity contribution >= 4 is 11.8 Å². The summed E-state index contributed by atoms with van der Waals surface area (Å²) in [5, 5.41) is 0. The fourth-order valence-corrected chi connectivity index (χ4v) is 1.91. The minimum absolute atomic E-state index is 0.586. The van der Waals surface area contributed by atoms with E-state index in [9.17, 15) is 31.5 Å². The number of benzene rings is 1. The lowest BCUT2D eigenvalue weighted by molar-refractivity contribution is -0.137. The van der Waals surface area contributed by atoms with Crippen molar-refractivity contribution in [3.05, 3.63) is 34.6 Å². The van der Waals surface area contributed by atoms with Gasteiger partial charge in [0.2, 0.25) is 17.6 Å². The van der Waals surface area contributed by atoms with Crippen LogP contribution in [-0.2, 0) is 9.59 Å². The van der Waals surface area contributed by atoms with E-state index in [2.05, 4.69) is 0 Å². The third-order valence-corrected chi connectivity index (χ3v) is 2.97. The lowest BCUT2D eigenvalue weighted by Crippen LogP contribution is -2.26. The molecular weight excluding hydrogens is 273 g/mol. The highest BCUT2D eigenvalue weighted by atomic mass is 19.2. The Bertz CT molecular complexity index is 572. The summed E-state index contributed by atoms with van der Waals surface area (Å²) in [4.78, 5) is 23.4. The predicted octanol–water partition coefficient (Wildman–Crippen LogP) is 1.85. The molecule has 2 amide bonds. The third-order valence-electron chi connectivity index (χ3n) is 2.97. The predicted molar refractivity (Wildman–Crippen MR) is 51.4 cm³/mol. The van der Waals surface area contributed by atoms with E-state index in [0.717, 1.165) is 7.05 Å². The minimum atomic E-state index is -2.30. The molecule has 102 valence electrons. The molecule has 1 unspecified atom stereocenters. The number of imide groups is 1. The van der Waals surface area contributed by atoms with Crippen molar-refractivity contribution in [2.75, 3.05) is 7.05 Å². The van der Waals surface area contributed by atoms with Crippen LogP contribution in [-0.4, -0.2) is 23.8 Å². The number of nitrogens with zero attached hydrogens (tertiary/aromatic N) is 1. The second-order valence-corrected chi connectivity index (χ2v) is 4.03. The Kier molecular flexibility index (Phi) is 3.03. The molecule has 0 spiro atoms. The Morgan fingerprint density at radius 3 is 1.68 bits per heavy atom. The fourth-order valence-electron chi connectivity index (χ4n) is 1.91. The van der Waals surface area contributed by atoms with Gasteiger partial charge in [0.05, 0.1) is 5.92 Å². The van der Waals surface area contributed by atoms with E-state index >= 15 is 0 Å². The zero-order valence-corrected chi connectivity index (χ0v) is 9.44. The van der Waals surface area contributed by atoms with Crippen LogP contribution in [0.3, 0.4) is 0 Å². The summed E-state index contributed by atoms with van der Waals surface area (Å²) in [5.74, 6) is -14.2. The van der Waals surface area contributed by atoms with Gasteiger partial charge in [-0.3, -0.25) is 14.5 Å². The molecular formula is C11H6F5NO2. The Balaban J connectivity index is 2.65. The number of rotatable bonds is 1. The van der Waals surface area contributed by atoms with Crippen molar-refractivity contribution in [1.29, 1.82) is 0 Å². The number of carbonyl (C=O) groups is 2. The summed E-state index contributed by atoms with van der Waals surface area (Å²) in [5.41, 5.74) is -1.26. The van der Waals surface area contributed by atoms with Crippen molar-refractivity contribution in [2.24, 2.45) is 0 Å². The number of likely N-dealkylation sites (N-methyl/N-ethyl adjacent to an activating group) is 1. The minimum Gasteiger partial charge on any atom is -0.285 e. The van der Waals surface area contributed by atoms with Crippen molar-refractivity contribution in [3.63, 3.8) is 0 Å². The Hall–Kier alpha value is -1.99. The molecule has 19 heavy (non-hydrogen) atoms. The van der Waals surface area contributed by atoms with Gasteiger partial charge in [-0.15, -0.1) is 0 Å². The van der Waals surface area contributed by atoms with Crippen LogP contribution in [0.5, 0.6) is 0 Å². The molecule has 1 atom stereocenters. The Labute approximate surface area is 103 Å². The first kappa shape index (κ1) is 13.4. The SMILES string of the molecule is CN1C(=O)CC(c2c(F)c(F)c(F)c(F)c2F)C1=O. The Morgan fingerprint density at radius 1 is 0.895 bits per heavy atom. The first-order valence-electron chi connectivity index (χ1n) is 5.09. The Morgan fingerprint density at radius 2 is 1.32 bits per heavy atom. The molecule has 0 aromatic heterocycles. The van der Waals surface area contributed by atoms with Gasteiger partial charge in [0, 0.05) is 19.0 Å². The number of hydrogen-bond acceptors (Lipinski definition) is 2. The highest BCUT2D eigenvalue weighted by Gasteiger charge is 2.42. The van der Waals surface area contributed by atoms with E-state index in [-0.39, 0.29) is 0 Å². The second kappa shape index (κ2) is 4.29. The third kappa shape index (κ3) is 1.78. The zero-order chi connectivity index (χ0) is 14.5. The molecule has 0 bridgehead atoms. The van der Waals surface area contributed by atoms with Crippen LogP contribution in [0.15, 0.2) is 0 Å². The monoisotopic (exact) mass is 279 g/mol. The maximum atomic E-state index is 13.5. The van der Waals surface area contributed by atoms with E-state index < -0.39 is 58.8 Å². The molecule has 1 heterocycles. The van der Waals surface area contributed by atoms with Crippen molar-refractivity contribution in [3.8, 4) is 0 Å². The molecule has 1 aliphatic rings. The first-order valence-corrected chi connectivity index (χ1v) is 5.09. The number of likely N-dealkylation sites (tertiary alicyclic amines) is 1. The largest absolute Gasteiger partial charge is 0.285 e. The summed E-state index contributed by atoms with van der Waals surface area (Å²) in [6, 6.07) is 0. The van der Waals surface area contributed by atoms with Crippen LogP contribution in [0.2, 0.25) is 0 Å². The van der Waals surface area contributed by atoms with Gasteiger partial charge < -0.3 is 0 Å². The first-order chi connectivity index (χ1) is 8.77. The number of amides is 2. The van der Waals surface area contributed by atoms with Crippen LogP contribution < -0.4 is 0 Å². The second-order valence-electron chi connectivity index (χ2n) is 4.03. The lowest BCUT2D eigenvalue weighted by Gasteiger charge is -2.12.